The van der Waals surface area contributed by atoms with E-state index < -0.39 is 0 Å². The fourth-order valence-electron chi connectivity index (χ4n) is 1.14. The molecule has 1 rings (SSSR count). The summed E-state index contributed by atoms with van der Waals surface area (Å²) in [7, 11) is 1.77. The second-order valence-electron chi connectivity index (χ2n) is 3.21. The molecule has 0 spiro atoms. The molecule has 0 aliphatic heterocycles. The molecular weight excluding hydrogens is 226 g/mol. The molecule has 84 valence electrons. The van der Waals surface area contributed by atoms with E-state index in [0.29, 0.717) is 29.2 Å². The lowest BCUT2D eigenvalue weighted by Gasteiger charge is -2.07. The molecule has 2 N–H and O–H groups in total. The Morgan fingerprint density at radius 1 is 1.56 bits per heavy atom. The summed E-state index contributed by atoms with van der Waals surface area (Å²) >= 11 is 5.89. The standard InChI is InChI=1S/C11H12ClN3O/c1-14-5-4-11(16)15-10-6-8(7-13)2-3-9(10)12/h2-3,6,14H,4-5H2,1H3,(H,15,16). The van der Waals surface area contributed by atoms with Gasteiger partial charge in [-0.25, -0.2) is 0 Å². The zero-order valence-corrected chi connectivity index (χ0v) is 9.64. The highest BCUT2D eigenvalue weighted by Crippen LogP contribution is 2.22. The average molecular weight is 238 g/mol. The molecule has 0 fully saturated rings. The van der Waals surface area contributed by atoms with Gasteiger partial charge in [0.1, 0.15) is 0 Å². The third kappa shape index (κ3) is 3.54. The van der Waals surface area contributed by atoms with Crippen molar-refractivity contribution in [3.8, 4) is 6.07 Å². The second-order valence-corrected chi connectivity index (χ2v) is 3.62. The second kappa shape index (κ2) is 6.11. The van der Waals surface area contributed by atoms with E-state index in [1.807, 2.05) is 6.07 Å². The van der Waals surface area contributed by atoms with Gasteiger partial charge >= 0.3 is 0 Å². The first-order chi connectivity index (χ1) is 7.67. The van der Waals surface area contributed by atoms with Crippen molar-refractivity contribution in [2.75, 3.05) is 18.9 Å². The summed E-state index contributed by atoms with van der Waals surface area (Å²) in [5, 5.41) is 14.7. The highest BCUT2D eigenvalue weighted by Gasteiger charge is 2.06. The van der Waals surface area contributed by atoms with Crippen LogP contribution in [-0.4, -0.2) is 19.5 Å². The number of carbonyl (C=O) groups excluding carboxylic acids is 1. The van der Waals surface area contributed by atoms with Gasteiger partial charge in [0.05, 0.1) is 22.3 Å². The van der Waals surface area contributed by atoms with Gasteiger partial charge in [0, 0.05) is 13.0 Å². The molecule has 0 saturated carbocycles. The number of hydrogen-bond acceptors (Lipinski definition) is 3. The van der Waals surface area contributed by atoms with Crippen LogP contribution in [0, 0.1) is 11.3 Å². The Kier molecular flexibility index (Phi) is 4.77. The molecule has 0 unspecified atom stereocenters. The van der Waals surface area contributed by atoms with Gasteiger partial charge in [0.25, 0.3) is 0 Å². The number of benzene rings is 1. The number of nitrogens with one attached hydrogen (secondary N) is 2. The quantitative estimate of drug-likeness (QED) is 0.839. The molecule has 0 radical (unpaired) electrons. The molecule has 0 aromatic heterocycles. The van der Waals surface area contributed by atoms with Crippen molar-refractivity contribution in [1.29, 1.82) is 5.26 Å². The Balaban J connectivity index is 2.73. The Hall–Kier alpha value is -1.57. The Bertz CT molecular complexity index is 426. The summed E-state index contributed by atoms with van der Waals surface area (Å²) in [6.45, 7) is 0.599. The summed E-state index contributed by atoms with van der Waals surface area (Å²) in [6, 6.07) is 6.74. The van der Waals surface area contributed by atoms with Crippen LogP contribution in [0.25, 0.3) is 0 Å². The fraction of sp³-hybridized carbons (Fsp3) is 0.273. The zero-order valence-electron chi connectivity index (χ0n) is 8.88. The largest absolute Gasteiger partial charge is 0.325 e. The van der Waals surface area contributed by atoms with E-state index in [4.69, 9.17) is 16.9 Å². The van der Waals surface area contributed by atoms with Gasteiger partial charge in [0.2, 0.25) is 5.91 Å². The average Bonchev–Trinajstić information content (AvgIpc) is 2.29. The van der Waals surface area contributed by atoms with Gasteiger partial charge in [-0.2, -0.15) is 5.26 Å². The molecule has 0 atom stereocenters. The van der Waals surface area contributed by atoms with Crippen LogP contribution in [0.2, 0.25) is 5.02 Å². The molecule has 0 bridgehead atoms. The molecule has 0 aliphatic carbocycles. The normalized spacial score (nSPS) is 9.56. The lowest BCUT2D eigenvalue weighted by atomic mass is 10.2. The van der Waals surface area contributed by atoms with Crippen LogP contribution in [0.3, 0.4) is 0 Å². The van der Waals surface area contributed by atoms with Gasteiger partial charge in [-0.05, 0) is 25.2 Å². The molecular formula is C11H12ClN3O. The number of nitrogens with zero attached hydrogens (tertiary/aromatic N) is 1. The number of carbonyl (C=O) groups is 1. The van der Waals surface area contributed by atoms with Crippen molar-refractivity contribution in [1.82, 2.24) is 5.32 Å². The molecule has 4 nitrogen and oxygen atoms in total. The number of nitriles is 1. The third-order valence-electron chi connectivity index (χ3n) is 1.97. The number of amides is 1. The predicted molar refractivity (Wildman–Crippen MR) is 63.3 cm³/mol. The lowest BCUT2D eigenvalue weighted by Crippen LogP contribution is -2.18. The van der Waals surface area contributed by atoms with Crippen LogP contribution in [-0.2, 0) is 4.79 Å². The zero-order chi connectivity index (χ0) is 12.0. The minimum absolute atomic E-state index is 0.133. The van der Waals surface area contributed by atoms with Gasteiger partial charge in [-0.15, -0.1) is 0 Å². The van der Waals surface area contributed by atoms with Crippen molar-refractivity contribution in [3.63, 3.8) is 0 Å². The van der Waals surface area contributed by atoms with Crippen molar-refractivity contribution in [2.45, 2.75) is 6.42 Å². The van der Waals surface area contributed by atoms with Gasteiger partial charge in [-0.3, -0.25) is 4.79 Å². The van der Waals surface area contributed by atoms with Crippen LogP contribution in [0.15, 0.2) is 18.2 Å². The van der Waals surface area contributed by atoms with Crippen molar-refractivity contribution in [2.24, 2.45) is 0 Å². The molecule has 1 aromatic rings. The monoisotopic (exact) mass is 237 g/mol. The predicted octanol–water partition coefficient (Wildman–Crippen LogP) is 1.76. The van der Waals surface area contributed by atoms with Crippen LogP contribution < -0.4 is 10.6 Å². The van der Waals surface area contributed by atoms with Crippen molar-refractivity contribution < 1.29 is 4.79 Å². The maximum atomic E-state index is 11.4. The van der Waals surface area contributed by atoms with E-state index in [1.165, 1.54) is 0 Å². The Morgan fingerprint density at radius 3 is 2.94 bits per heavy atom. The third-order valence-corrected chi connectivity index (χ3v) is 2.30. The maximum absolute atomic E-state index is 11.4. The highest BCUT2D eigenvalue weighted by molar-refractivity contribution is 6.33. The van der Waals surface area contributed by atoms with Crippen LogP contribution in [0.1, 0.15) is 12.0 Å². The number of rotatable bonds is 4. The molecule has 5 heteroatoms. The van der Waals surface area contributed by atoms with Gasteiger partial charge in [-0.1, -0.05) is 11.6 Å². The van der Waals surface area contributed by atoms with Crippen LogP contribution >= 0.6 is 11.6 Å². The van der Waals surface area contributed by atoms with Crippen LogP contribution in [0.4, 0.5) is 5.69 Å². The smallest absolute Gasteiger partial charge is 0.225 e. The van der Waals surface area contributed by atoms with E-state index in [9.17, 15) is 4.79 Å². The van der Waals surface area contributed by atoms with E-state index in [0.717, 1.165) is 0 Å². The van der Waals surface area contributed by atoms with Crippen molar-refractivity contribution in [3.05, 3.63) is 28.8 Å². The number of hydrogen-bond donors (Lipinski definition) is 2. The summed E-state index contributed by atoms with van der Waals surface area (Å²) < 4.78 is 0. The molecule has 0 heterocycles. The Labute approximate surface area is 99.2 Å². The molecule has 16 heavy (non-hydrogen) atoms. The fourth-order valence-corrected chi connectivity index (χ4v) is 1.31. The maximum Gasteiger partial charge on any atom is 0.225 e. The topological polar surface area (TPSA) is 64.9 Å². The Morgan fingerprint density at radius 2 is 2.31 bits per heavy atom. The molecule has 1 amide bonds. The molecule has 0 saturated heterocycles. The minimum Gasteiger partial charge on any atom is -0.325 e. The molecule has 1 aromatic carbocycles. The van der Waals surface area contributed by atoms with E-state index in [1.54, 1.807) is 25.2 Å². The van der Waals surface area contributed by atoms with E-state index in [-0.39, 0.29) is 5.91 Å². The summed E-state index contributed by atoms with van der Waals surface area (Å²) in [4.78, 5) is 11.4. The number of anilines is 1. The SMILES string of the molecule is CNCCC(=O)Nc1cc(C#N)ccc1Cl. The summed E-state index contributed by atoms with van der Waals surface area (Å²) in [5.41, 5.74) is 0.940. The van der Waals surface area contributed by atoms with Gasteiger partial charge < -0.3 is 10.6 Å². The molecule has 0 aliphatic rings. The summed E-state index contributed by atoms with van der Waals surface area (Å²) in [6.07, 6.45) is 0.365. The first-order valence-corrected chi connectivity index (χ1v) is 5.19. The highest BCUT2D eigenvalue weighted by atomic mass is 35.5. The first-order valence-electron chi connectivity index (χ1n) is 4.81. The van der Waals surface area contributed by atoms with Crippen molar-refractivity contribution >= 4 is 23.2 Å². The lowest BCUT2D eigenvalue weighted by molar-refractivity contribution is -0.116. The minimum atomic E-state index is -0.133. The van der Waals surface area contributed by atoms with E-state index >= 15 is 0 Å². The number of halogens is 1. The van der Waals surface area contributed by atoms with Crippen LogP contribution in [0.5, 0.6) is 0 Å². The first kappa shape index (κ1) is 12.5. The van der Waals surface area contributed by atoms with E-state index in [2.05, 4.69) is 10.6 Å². The summed E-state index contributed by atoms with van der Waals surface area (Å²) in [5.74, 6) is -0.133. The van der Waals surface area contributed by atoms with Gasteiger partial charge in [0.15, 0.2) is 0 Å².